The van der Waals surface area contributed by atoms with E-state index in [0.717, 1.165) is 25.1 Å². The summed E-state index contributed by atoms with van der Waals surface area (Å²) in [6.07, 6.45) is 1.83. The number of hydrogen-bond acceptors (Lipinski definition) is 6. The standard InChI is InChI=1S/C17H23N7O/c1-11-4-6-13(7-5-11)20-17-22-14(21-16(19)23-17)10-24-8-2-3-12(9-24)15(18)25/h4-7,12H,2-3,8-10H2,1H3,(H2,18,25)(H3,19,20,21,22,23)/p+1/t12-/m0/s1. The number of nitrogens with zero attached hydrogens (tertiary/aromatic N) is 3. The fourth-order valence-electron chi connectivity index (χ4n) is 3.12. The van der Waals surface area contributed by atoms with Crippen molar-refractivity contribution in [3.05, 3.63) is 35.7 Å². The fourth-order valence-corrected chi connectivity index (χ4v) is 3.12. The SMILES string of the molecule is Cc1ccc(Nc2nc(N)nc(C[NH+]3CCC[C@H](C(N)=O)C3)n2)cc1. The number of quaternary nitrogens is 1. The Kier molecular flexibility index (Phi) is 5.08. The maximum absolute atomic E-state index is 11.4. The van der Waals surface area contributed by atoms with Crippen LogP contribution in [0.25, 0.3) is 0 Å². The number of amides is 1. The molecule has 0 saturated carbocycles. The van der Waals surface area contributed by atoms with Crippen LogP contribution in [-0.4, -0.2) is 33.9 Å². The Morgan fingerprint density at radius 1 is 1.28 bits per heavy atom. The van der Waals surface area contributed by atoms with Gasteiger partial charge in [0.15, 0.2) is 5.82 Å². The normalized spacial score (nSPS) is 20.2. The number of carbonyl (C=O) groups is 1. The van der Waals surface area contributed by atoms with Crippen molar-refractivity contribution in [3.8, 4) is 0 Å². The molecule has 0 radical (unpaired) electrons. The summed E-state index contributed by atoms with van der Waals surface area (Å²) in [5.74, 6) is 0.918. The second-order valence-corrected chi connectivity index (χ2v) is 6.55. The maximum atomic E-state index is 11.4. The summed E-state index contributed by atoms with van der Waals surface area (Å²) >= 11 is 0. The first-order valence-corrected chi connectivity index (χ1v) is 8.46. The summed E-state index contributed by atoms with van der Waals surface area (Å²) in [5.41, 5.74) is 13.3. The number of aryl methyl sites for hydroxylation is 1. The highest BCUT2D eigenvalue weighted by Crippen LogP contribution is 2.14. The van der Waals surface area contributed by atoms with E-state index < -0.39 is 0 Å². The molecule has 1 aliphatic rings. The lowest BCUT2D eigenvalue weighted by Gasteiger charge is -2.27. The highest BCUT2D eigenvalue weighted by molar-refractivity contribution is 5.76. The van der Waals surface area contributed by atoms with E-state index in [1.165, 1.54) is 10.5 Å². The molecule has 2 atom stereocenters. The Morgan fingerprint density at radius 3 is 2.76 bits per heavy atom. The smallest absolute Gasteiger partial charge is 0.232 e. The lowest BCUT2D eigenvalue weighted by molar-refractivity contribution is -0.921. The number of carbonyl (C=O) groups excluding carboxylic acids is 1. The number of likely N-dealkylation sites (tertiary alicyclic amines) is 1. The number of hydrogen-bond donors (Lipinski definition) is 4. The van der Waals surface area contributed by atoms with E-state index in [2.05, 4.69) is 20.3 Å². The van der Waals surface area contributed by atoms with Crippen LogP contribution >= 0.6 is 0 Å². The van der Waals surface area contributed by atoms with Crippen LogP contribution in [0.2, 0.25) is 0 Å². The number of anilines is 3. The predicted octanol–water partition coefficient (Wildman–Crippen LogP) is -0.214. The highest BCUT2D eigenvalue weighted by atomic mass is 16.1. The number of aromatic nitrogens is 3. The van der Waals surface area contributed by atoms with Gasteiger partial charge in [-0.1, -0.05) is 17.7 Å². The molecule has 1 aliphatic heterocycles. The van der Waals surface area contributed by atoms with Gasteiger partial charge in [-0.2, -0.15) is 15.0 Å². The van der Waals surface area contributed by atoms with Crippen molar-refractivity contribution < 1.29 is 9.69 Å². The molecular weight excluding hydrogens is 318 g/mol. The molecule has 1 unspecified atom stereocenters. The predicted molar refractivity (Wildman–Crippen MR) is 95.0 cm³/mol. The minimum absolute atomic E-state index is 0.0758. The number of nitrogen functional groups attached to an aromatic ring is 1. The van der Waals surface area contributed by atoms with E-state index in [1.54, 1.807) is 0 Å². The topological polar surface area (TPSA) is 124 Å². The van der Waals surface area contributed by atoms with Crippen LogP contribution in [0.5, 0.6) is 0 Å². The first kappa shape index (κ1) is 17.1. The molecular formula is C17H24N7O+. The quantitative estimate of drug-likeness (QED) is 0.596. The molecule has 8 heteroatoms. The average molecular weight is 342 g/mol. The van der Waals surface area contributed by atoms with Crippen molar-refractivity contribution in [3.63, 3.8) is 0 Å². The third-order valence-corrected chi connectivity index (χ3v) is 4.44. The molecule has 132 valence electrons. The van der Waals surface area contributed by atoms with Crippen LogP contribution in [-0.2, 0) is 11.3 Å². The molecule has 6 N–H and O–H groups in total. The summed E-state index contributed by atoms with van der Waals surface area (Å²) < 4.78 is 0. The molecule has 1 aromatic heterocycles. The molecule has 1 aromatic carbocycles. The van der Waals surface area contributed by atoms with E-state index in [9.17, 15) is 4.79 Å². The number of nitrogens with two attached hydrogens (primary N) is 2. The zero-order chi connectivity index (χ0) is 17.8. The van der Waals surface area contributed by atoms with E-state index in [4.69, 9.17) is 11.5 Å². The number of piperidine rings is 1. The van der Waals surface area contributed by atoms with Crippen LogP contribution in [0, 0.1) is 12.8 Å². The Bertz CT molecular complexity index is 747. The third-order valence-electron chi connectivity index (χ3n) is 4.44. The van der Waals surface area contributed by atoms with Crippen LogP contribution in [0.4, 0.5) is 17.6 Å². The first-order valence-electron chi connectivity index (χ1n) is 8.46. The molecule has 25 heavy (non-hydrogen) atoms. The van der Waals surface area contributed by atoms with Crippen molar-refractivity contribution in [2.24, 2.45) is 11.7 Å². The van der Waals surface area contributed by atoms with Crippen LogP contribution in [0.15, 0.2) is 24.3 Å². The monoisotopic (exact) mass is 342 g/mol. The number of nitrogens with one attached hydrogen (secondary N) is 2. The zero-order valence-corrected chi connectivity index (χ0v) is 14.3. The number of benzene rings is 1. The van der Waals surface area contributed by atoms with E-state index >= 15 is 0 Å². The molecule has 1 amide bonds. The zero-order valence-electron chi connectivity index (χ0n) is 14.3. The minimum atomic E-state index is -0.228. The van der Waals surface area contributed by atoms with Gasteiger partial charge in [-0.05, 0) is 31.9 Å². The van der Waals surface area contributed by atoms with Gasteiger partial charge in [-0.3, -0.25) is 4.79 Å². The van der Waals surface area contributed by atoms with Crippen molar-refractivity contribution in [2.45, 2.75) is 26.3 Å². The van der Waals surface area contributed by atoms with Gasteiger partial charge in [0, 0.05) is 5.69 Å². The second-order valence-electron chi connectivity index (χ2n) is 6.55. The minimum Gasteiger partial charge on any atom is -0.369 e. The van der Waals surface area contributed by atoms with Gasteiger partial charge in [-0.25, -0.2) is 0 Å². The maximum Gasteiger partial charge on any atom is 0.232 e. The molecule has 0 spiro atoms. The fraction of sp³-hybridized carbons (Fsp3) is 0.412. The molecule has 3 rings (SSSR count). The Labute approximate surface area is 146 Å². The molecule has 2 aromatic rings. The average Bonchev–Trinajstić information content (AvgIpc) is 2.57. The largest absolute Gasteiger partial charge is 0.369 e. The van der Waals surface area contributed by atoms with Crippen molar-refractivity contribution in [1.82, 2.24) is 15.0 Å². The number of primary amides is 1. The molecule has 0 aliphatic carbocycles. The van der Waals surface area contributed by atoms with Gasteiger partial charge in [0.1, 0.15) is 6.54 Å². The molecule has 1 fully saturated rings. The lowest BCUT2D eigenvalue weighted by Crippen LogP contribution is -3.12. The Hall–Kier alpha value is -2.74. The highest BCUT2D eigenvalue weighted by Gasteiger charge is 2.27. The summed E-state index contributed by atoms with van der Waals surface area (Å²) in [5, 5.41) is 3.15. The van der Waals surface area contributed by atoms with Crippen LogP contribution in [0.1, 0.15) is 24.2 Å². The first-order chi connectivity index (χ1) is 12.0. The molecule has 1 saturated heterocycles. The van der Waals surface area contributed by atoms with Crippen LogP contribution in [0.3, 0.4) is 0 Å². The van der Waals surface area contributed by atoms with E-state index in [1.807, 2.05) is 31.2 Å². The molecule has 8 nitrogen and oxygen atoms in total. The van der Waals surface area contributed by atoms with Crippen LogP contribution < -0.4 is 21.7 Å². The lowest BCUT2D eigenvalue weighted by atomic mass is 9.97. The molecule has 0 bridgehead atoms. The van der Waals surface area contributed by atoms with Gasteiger partial charge in [0.25, 0.3) is 0 Å². The van der Waals surface area contributed by atoms with E-state index in [-0.39, 0.29) is 17.8 Å². The van der Waals surface area contributed by atoms with Gasteiger partial charge >= 0.3 is 0 Å². The summed E-state index contributed by atoms with van der Waals surface area (Å²) in [4.78, 5) is 25.5. The van der Waals surface area contributed by atoms with Gasteiger partial charge in [0.2, 0.25) is 17.8 Å². The molecule has 2 heterocycles. The van der Waals surface area contributed by atoms with Gasteiger partial charge < -0.3 is 21.7 Å². The number of rotatable bonds is 5. The van der Waals surface area contributed by atoms with Gasteiger partial charge in [-0.15, -0.1) is 0 Å². The van der Waals surface area contributed by atoms with E-state index in [0.29, 0.717) is 24.9 Å². The van der Waals surface area contributed by atoms with Gasteiger partial charge in [0.05, 0.1) is 19.0 Å². The summed E-state index contributed by atoms with van der Waals surface area (Å²) in [6.45, 7) is 4.31. The Morgan fingerprint density at radius 2 is 2.04 bits per heavy atom. The van der Waals surface area contributed by atoms with Crippen molar-refractivity contribution in [1.29, 1.82) is 0 Å². The second kappa shape index (κ2) is 7.43. The summed E-state index contributed by atoms with van der Waals surface area (Å²) in [6, 6.07) is 7.94. The third kappa shape index (κ3) is 4.63. The summed E-state index contributed by atoms with van der Waals surface area (Å²) in [7, 11) is 0. The van der Waals surface area contributed by atoms with Crippen molar-refractivity contribution in [2.75, 3.05) is 24.1 Å². The Balaban J connectivity index is 1.70. The van der Waals surface area contributed by atoms with Crippen molar-refractivity contribution >= 4 is 23.5 Å².